The van der Waals surface area contributed by atoms with E-state index in [9.17, 15) is 5.26 Å². The van der Waals surface area contributed by atoms with E-state index in [0.717, 1.165) is 39.4 Å². The highest BCUT2D eigenvalue weighted by Crippen LogP contribution is 2.43. The van der Waals surface area contributed by atoms with Gasteiger partial charge in [0.05, 0.1) is 16.7 Å². The van der Waals surface area contributed by atoms with E-state index in [4.69, 9.17) is 11.6 Å². The predicted molar refractivity (Wildman–Crippen MR) is 151 cm³/mol. The van der Waals surface area contributed by atoms with Crippen LogP contribution in [0.25, 0.3) is 57.5 Å². The minimum atomic E-state index is 0.658. The largest absolute Gasteiger partial charge is 0.385 e. The van der Waals surface area contributed by atoms with Gasteiger partial charge in [0, 0.05) is 53.4 Å². The molecule has 2 aromatic heterocycles. The number of nitrogens with one attached hydrogen (secondary N) is 1. The first-order valence-electron chi connectivity index (χ1n) is 11.3. The van der Waals surface area contributed by atoms with Crippen molar-refractivity contribution in [3.8, 4) is 28.3 Å². The number of hydrogen-bond donors (Lipinski definition) is 1. The third kappa shape index (κ3) is 3.28. The molecule has 0 amide bonds. The zero-order chi connectivity index (χ0) is 23.5. The van der Waals surface area contributed by atoms with Crippen molar-refractivity contribution in [1.29, 1.82) is 5.26 Å². The van der Waals surface area contributed by atoms with Crippen LogP contribution in [0, 0.1) is 11.3 Å². The van der Waals surface area contributed by atoms with E-state index in [-0.39, 0.29) is 0 Å². The molecule has 0 saturated heterocycles. The summed E-state index contributed by atoms with van der Waals surface area (Å²) in [7, 11) is 0. The van der Waals surface area contributed by atoms with Crippen LogP contribution in [-0.4, -0.2) is 0 Å². The molecule has 0 bridgehead atoms. The van der Waals surface area contributed by atoms with Crippen molar-refractivity contribution in [2.24, 2.45) is 0 Å². The second-order valence-corrected chi connectivity index (χ2v) is 11.3. The van der Waals surface area contributed by atoms with Crippen LogP contribution >= 0.6 is 34.3 Å². The second kappa shape index (κ2) is 7.96. The Labute approximate surface area is 215 Å². The fourth-order valence-corrected chi connectivity index (χ4v) is 7.75. The number of rotatable bonds is 2. The van der Waals surface area contributed by atoms with Crippen molar-refractivity contribution < 1.29 is 0 Å². The molecule has 0 saturated carbocycles. The topological polar surface area (TPSA) is 35.8 Å². The van der Waals surface area contributed by atoms with Crippen LogP contribution < -0.4 is 5.32 Å². The predicted octanol–water partition coefficient (Wildman–Crippen LogP) is 9.12. The third-order valence-electron chi connectivity index (χ3n) is 6.60. The van der Waals surface area contributed by atoms with Crippen molar-refractivity contribution >= 4 is 69.6 Å². The molecule has 7 rings (SSSR count). The van der Waals surface area contributed by atoms with Gasteiger partial charge in [-0.2, -0.15) is 5.26 Å². The fourth-order valence-electron chi connectivity index (χ4n) is 5.01. The first kappa shape index (κ1) is 20.7. The van der Waals surface area contributed by atoms with Crippen molar-refractivity contribution in [2.75, 3.05) is 0 Å². The van der Waals surface area contributed by atoms with Crippen molar-refractivity contribution in [3.05, 3.63) is 101 Å². The molecule has 0 atom stereocenters. The highest BCUT2D eigenvalue weighted by molar-refractivity contribution is 7.26. The van der Waals surface area contributed by atoms with Crippen LogP contribution in [0.5, 0.6) is 0 Å². The van der Waals surface area contributed by atoms with Gasteiger partial charge in [0.15, 0.2) is 0 Å². The molecule has 5 heteroatoms. The molecule has 4 aromatic carbocycles. The lowest BCUT2D eigenvalue weighted by atomic mass is 9.94. The molecular weight excluding hydrogens is 488 g/mol. The molecule has 1 N–H and O–H groups in total. The zero-order valence-electron chi connectivity index (χ0n) is 18.4. The molecular formula is C30H17ClN2S2. The van der Waals surface area contributed by atoms with E-state index in [0.29, 0.717) is 5.56 Å². The van der Waals surface area contributed by atoms with Gasteiger partial charge in [-0.3, -0.25) is 0 Å². The van der Waals surface area contributed by atoms with Crippen LogP contribution in [0.15, 0.2) is 85.1 Å². The molecule has 1 aliphatic heterocycles. The minimum absolute atomic E-state index is 0.658. The van der Waals surface area contributed by atoms with Gasteiger partial charge in [-0.25, -0.2) is 0 Å². The van der Waals surface area contributed by atoms with E-state index in [2.05, 4.69) is 78.1 Å². The maximum atomic E-state index is 9.86. The minimum Gasteiger partial charge on any atom is -0.385 e. The lowest BCUT2D eigenvalue weighted by molar-refractivity contribution is 0.876. The Kier molecular flexibility index (Phi) is 4.72. The monoisotopic (exact) mass is 504 g/mol. The van der Waals surface area contributed by atoms with Gasteiger partial charge in [-0.05, 0) is 58.7 Å². The average Bonchev–Trinajstić information content (AvgIpc) is 3.47. The second-order valence-electron chi connectivity index (χ2n) is 8.68. The SMILES string of the molecule is N#Cc1cc(-c2ccc3sc4c(c3c2)C(Cl)=CNC4)cc(-c2cccc3c2sc2ccccc23)c1. The number of halogens is 1. The number of thiophene rings is 2. The smallest absolute Gasteiger partial charge is 0.0992 e. The Balaban J connectivity index is 1.44. The number of nitrogens with zero attached hydrogens (tertiary/aromatic N) is 1. The molecule has 1 aliphatic rings. The summed E-state index contributed by atoms with van der Waals surface area (Å²) in [5.41, 5.74) is 6.12. The van der Waals surface area contributed by atoms with Gasteiger partial charge >= 0.3 is 0 Å². The lowest BCUT2D eigenvalue weighted by Crippen LogP contribution is -2.09. The molecule has 2 nitrogen and oxygen atoms in total. The molecule has 0 aliphatic carbocycles. The van der Waals surface area contributed by atoms with E-state index in [1.54, 1.807) is 11.3 Å². The van der Waals surface area contributed by atoms with Crippen molar-refractivity contribution in [3.63, 3.8) is 0 Å². The van der Waals surface area contributed by atoms with Gasteiger partial charge in [0.1, 0.15) is 0 Å². The first-order chi connectivity index (χ1) is 17.2. The summed E-state index contributed by atoms with van der Waals surface area (Å²) in [6, 6.07) is 30.1. The van der Waals surface area contributed by atoms with Gasteiger partial charge in [-0.1, -0.05) is 54.1 Å². The van der Waals surface area contributed by atoms with Gasteiger partial charge < -0.3 is 5.32 Å². The summed E-state index contributed by atoms with van der Waals surface area (Å²) in [5.74, 6) is 0. The molecule has 0 spiro atoms. The standard InChI is InChI=1S/C30H17ClN2S2/c31-25-15-33-16-28-29(25)24-13-18(8-9-27(24)34-28)19-10-17(14-32)11-20(12-19)21-5-3-6-23-22-4-1-2-7-26(22)35-30(21)23/h1-13,15,33H,16H2. The van der Waals surface area contributed by atoms with Crippen LogP contribution in [0.1, 0.15) is 16.0 Å². The summed E-state index contributed by atoms with van der Waals surface area (Å²) in [5, 5.41) is 17.6. The average molecular weight is 505 g/mol. The van der Waals surface area contributed by atoms with Gasteiger partial charge in [0.25, 0.3) is 0 Å². The highest BCUT2D eigenvalue weighted by Gasteiger charge is 2.19. The number of nitriles is 1. The van der Waals surface area contributed by atoms with Crippen molar-refractivity contribution in [1.82, 2.24) is 5.32 Å². The quantitative estimate of drug-likeness (QED) is 0.255. The molecule has 0 unspecified atom stereocenters. The molecule has 35 heavy (non-hydrogen) atoms. The third-order valence-corrected chi connectivity index (χ3v) is 9.29. The van der Waals surface area contributed by atoms with Crippen LogP contribution in [-0.2, 0) is 6.54 Å². The Morgan fingerprint density at radius 2 is 1.60 bits per heavy atom. The Morgan fingerprint density at radius 1 is 0.771 bits per heavy atom. The molecule has 166 valence electrons. The Morgan fingerprint density at radius 3 is 2.51 bits per heavy atom. The molecule has 6 aromatic rings. The number of benzene rings is 4. The maximum absolute atomic E-state index is 9.86. The first-order valence-corrected chi connectivity index (χ1v) is 13.3. The molecule has 0 radical (unpaired) electrons. The summed E-state index contributed by atoms with van der Waals surface area (Å²) < 4.78 is 3.75. The maximum Gasteiger partial charge on any atom is 0.0992 e. The zero-order valence-corrected chi connectivity index (χ0v) is 20.8. The van der Waals surface area contributed by atoms with Crippen LogP contribution in [0.3, 0.4) is 0 Å². The fraction of sp³-hybridized carbons (Fsp3) is 0.0333. The lowest BCUT2D eigenvalue weighted by Gasteiger charge is -2.11. The van der Waals surface area contributed by atoms with Crippen LogP contribution in [0.4, 0.5) is 0 Å². The summed E-state index contributed by atoms with van der Waals surface area (Å²) in [6.07, 6.45) is 1.88. The number of hydrogen-bond acceptors (Lipinski definition) is 4. The van der Waals surface area contributed by atoms with Crippen molar-refractivity contribution in [2.45, 2.75) is 6.54 Å². The molecule has 3 heterocycles. The summed E-state index contributed by atoms with van der Waals surface area (Å²) in [4.78, 5) is 1.26. The summed E-state index contributed by atoms with van der Waals surface area (Å²) >= 11 is 10.2. The normalized spacial score (nSPS) is 13.0. The highest BCUT2D eigenvalue weighted by atomic mass is 35.5. The molecule has 0 fully saturated rings. The van der Waals surface area contributed by atoms with Gasteiger partial charge in [0.2, 0.25) is 0 Å². The van der Waals surface area contributed by atoms with E-state index < -0.39 is 0 Å². The Hall–Kier alpha value is -3.62. The van der Waals surface area contributed by atoms with Crippen LogP contribution in [0.2, 0.25) is 0 Å². The summed E-state index contributed by atoms with van der Waals surface area (Å²) in [6.45, 7) is 0.799. The van der Waals surface area contributed by atoms with E-state index in [1.165, 1.54) is 35.1 Å². The van der Waals surface area contributed by atoms with E-state index in [1.807, 2.05) is 29.7 Å². The Bertz CT molecular complexity index is 1880. The van der Waals surface area contributed by atoms with Gasteiger partial charge in [-0.15, -0.1) is 22.7 Å². The van der Waals surface area contributed by atoms with E-state index >= 15 is 0 Å². The number of fused-ring (bicyclic) bond motifs is 6.